The maximum atomic E-state index is 12.8. The molecule has 1 aliphatic heterocycles. The van der Waals surface area contributed by atoms with Crippen molar-refractivity contribution in [1.82, 2.24) is 4.90 Å². The number of nitrogens with zero attached hydrogens (tertiary/aromatic N) is 1. The summed E-state index contributed by atoms with van der Waals surface area (Å²) in [5, 5.41) is 0. The van der Waals surface area contributed by atoms with Gasteiger partial charge in [0.1, 0.15) is 5.75 Å². The predicted molar refractivity (Wildman–Crippen MR) is 92.2 cm³/mol. The molecule has 1 aliphatic rings. The highest BCUT2D eigenvalue weighted by Crippen LogP contribution is 2.26. The molecule has 3 nitrogen and oxygen atoms in total. The van der Waals surface area contributed by atoms with E-state index in [2.05, 4.69) is 29.2 Å². The smallest absolute Gasteiger partial charge is 0.180 e. The van der Waals surface area contributed by atoms with E-state index < -0.39 is 0 Å². The van der Waals surface area contributed by atoms with E-state index in [1.54, 1.807) is 7.11 Å². The van der Waals surface area contributed by atoms with E-state index in [4.69, 9.17) is 4.74 Å². The van der Waals surface area contributed by atoms with Crippen LogP contribution in [0.4, 0.5) is 0 Å². The highest BCUT2D eigenvalue weighted by Gasteiger charge is 2.21. The number of fused-ring (bicyclic) bond motifs is 1. The Morgan fingerprint density at radius 2 is 1.91 bits per heavy atom. The van der Waals surface area contributed by atoms with E-state index in [0.717, 1.165) is 30.6 Å². The molecule has 0 unspecified atom stereocenters. The molecule has 3 rings (SSSR count). The molecule has 1 heterocycles. The van der Waals surface area contributed by atoms with Crippen LogP contribution in [0.1, 0.15) is 32.6 Å². The van der Waals surface area contributed by atoms with E-state index in [-0.39, 0.29) is 5.78 Å². The van der Waals surface area contributed by atoms with Gasteiger partial charge in [-0.25, -0.2) is 0 Å². The number of carbonyl (C=O) groups excluding carboxylic acids is 1. The molecule has 0 atom stereocenters. The Labute approximate surface area is 137 Å². The van der Waals surface area contributed by atoms with Crippen LogP contribution in [-0.4, -0.2) is 30.9 Å². The van der Waals surface area contributed by atoms with Crippen molar-refractivity contribution >= 4 is 5.78 Å². The lowest BCUT2D eigenvalue weighted by Crippen LogP contribution is -2.35. The van der Waals surface area contributed by atoms with Crippen LogP contribution in [0.5, 0.6) is 5.75 Å². The monoisotopic (exact) mass is 309 g/mol. The number of ketones is 1. The molecule has 0 bridgehead atoms. The van der Waals surface area contributed by atoms with Gasteiger partial charge >= 0.3 is 0 Å². The maximum Gasteiger partial charge on any atom is 0.180 e. The zero-order chi connectivity index (χ0) is 16.4. The molecule has 2 aromatic carbocycles. The largest absolute Gasteiger partial charge is 0.496 e. The fraction of sp³-hybridized carbons (Fsp3) is 0.350. The minimum Gasteiger partial charge on any atom is -0.496 e. The number of hydrogen-bond acceptors (Lipinski definition) is 3. The van der Waals surface area contributed by atoms with Crippen LogP contribution in [0.25, 0.3) is 0 Å². The predicted octanol–water partition coefficient (Wildman–Crippen LogP) is 3.55. The number of methoxy groups -OCH3 is 1. The topological polar surface area (TPSA) is 29.5 Å². The van der Waals surface area contributed by atoms with Crippen LogP contribution >= 0.6 is 0 Å². The standard InChI is InChI=1S/C20H23NO2/c1-14-10-15(2)20(23-3)18(11-14)19(22)13-21-9-8-16-6-4-5-7-17(16)12-21/h4-7,10-11H,8-9,12-13H2,1-3H3. The van der Waals surface area contributed by atoms with Crippen molar-refractivity contribution in [2.75, 3.05) is 20.2 Å². The quantitative estimate of drug-likeness (QED) is 0.809. The first-order valence-electron chi connectivity index (χ1n) is 8.06. The normalized spacial score (nSPS) is 14.4. The molecule has 120 valence electrons. The second kappa shape index (κ2) is 6.55. The molecule has 0 saturated carbocycles. The molecule has 0 radical (unpaired) electrons. The van der Waals surface area contributed by atoms with Gasteiger partial charge in [-0.3, -0.25) is 9.69 Å². The van der Waals surface area contributed by atoms with Gasteiger partial charge in [-0.05, 0) is 48.6 Å². The summed E-state index contributed by atoms with van der Waals surface area (Å²) in [6.45, 7) is 6.21. The van der Waals surface area contributed by atoms with Crippen LogP contribution in [0.15, 0.2) is 36.4 Å². The SMILES string of the molecule is COc1c(C)cc(C)cc1C(=O)CN1CCc2ccccc2C1. The molecule has 0 amide bonds. The Hall–Kier alpha value is -2.13. The minimum absolute atomic E-state index is 0.132. The molecule has 0 saturated heterocycles. The Bertz CT molecular complexity index is 736. The Morgan fingerprint density at radius 1 is 1.17 bits per heavy atom. The molecular formula is C20H23NO2. The second-order valence-electron chi connectivity index (χ2n) is 6.32. The lowest BCUT2D eigenvalue weighted by Gasteiger charge is -2.28. The Kier molecular flexibility index (Phi) is 4.49. The summed E-state index contributed by atoms with van der Waals surface area (Å²) >= 11 is 0. The number of rotatable bonds is 4. The van der Waals surface area contributed by atoms with Crippen molar-refractivity contribution in [2.45, 2.75) is 26.8 Å². The average molecular weight is 309 g/mol. The first kappa shape index (κ1) is 15.8. The Morgan fingerprint density at radius 3 is 2.65 bits per heavy atom. The van der Waals surface area contributed by atoms with Crippen LogP contribution < -0.4 is 4.74 Å². The zero-order valence-electron chi connectivity index (χ0n) is 14.1. The van der Waals surface area contributed by atoms with Gasteiger partial charge in [-0.1, -0.05) is 30.3 Å². The van der Waals surface area contributed by atoms with Gasteiger partial charge in [0, 0.05) is 13.1 Å². The molecule has 0 N–H and O–H groups in total. The number of benzene rings is 2. The summed E-state index contributed by atoms with van der Waals surface area (Å²) in [6, 6.07) is 12.5. The van der Waals surface area contributed by atoms with Crippen molar-refractivity contribution < 1.29 is 9.53 Å². The fourth-order valence-electron chi connectivity index (χ4n) is 3.41. The summed E-state index contributed by atoms with van der Waals surface area (Å²) in [6.07, 6.45) is 1.01. The van der Waals surface area contributed by atoms with Crippen molar-refractivity contribution in [3.63, 3.8) is 0 Å². The maximum absolute atomic E-state index is 12.8. The summed E-state index contributed by atoms with van der Waals surface area (Å²) in [4.78, 5) is 15.0. The van der Waals surface area contributed by atoms with Gasteiger partial charge < -0.3 is 4.74 Å². The van der Waals surface area contributed by atoms with Gasteiger partial charge in [0.25, 0.3) is 0 Å². The number of Topliss-reactive ketones (excluding diaryl/α,β-unsaturated/α-hetero) is 1. The fourth-order valence-corrected chi connectivity index (χ4v) is 3.41. The van der Waals surface area contributed by atoms with Gasteiger partial charge in [0.15, 0.2) is 5.78 Å². The van der Waals surface area contributed by atoms with Gasteiger partial charge in [-0.15, -0.1) is 0 Å². The molecule has 0 fully saturated rings. The van der Waals surface area contributed by atoms with Crippen LogP contribution in [-0.2, 0) is 13.0 Å². The first-order chi connectivity index (χ1) is 11.1. The number of carbonyl (C=O) groups is 1. The molecule has 0 spiro atoms. The van der Waals surface area contributed by atoms with E-state index in [1.807, 2.05) is 26.0 Å². The summed E-state index contributed by atoms with van der Waals surface area (Å²) in [7, 11) is 1.63. The van der Waals surface area contributed by atoms with E-state index in [0.29, 0.717) is 17.9 Å². The van der Waals surface area contributed by atoms with Crippen LogP contribution in [0.3, 0.4) is 0 Å². The highest BCUT2D eigenvalue weighted by molar-refractivity contribution is 6.00. The molecule has 3 heteroatoms. The summed E-state index contributed by atoms with van der Waals surface area (Å²) in [5.41, 5.74) is 5.54. The number of hydrogen-bond donors (Lipinski definition) is 0. The lowest BCUT2D eigenvalue weighted by molar-refractivity contribution is 0.0918. The Balaban J connectivity index is 1.78. The average Bonchev–Trinajstić information content (AvgIpc) is 2.54. The third-order valence-corrected chi connectivity index (χ3v) is 4.50. The summed E-state index contributed by atoms with van der Waals surface area (Å²) in [5.74, 6) is 0.839. The third-order valence-electron chi connectivity index (χ3n) is 4.50. The summed E-state index contributed by atoms with van der Waals surface area (Å²) < 4.78 is 5.46. The van der Waals surface area contributed by atoms with Gasteiger partial charge in [-0.2, -0.15) is 0 Å². The molecule has 2 aromatic rings. The number of aryl methyl sites for hydroxylation is 2. The highest BCUT2D eigenvalue weighted by atomic mass is 16.5. The molecule has 0 aliphatic carbocycles. The van der Waals surface area contributed by atoms with Crippen molar-refractivity contribution in [3.8, 4) is 5.75 Å². The first-order valence-corrected chi connectivity index (χ1v) is 8.06. The molecule has 0 aromatic heterocycles. The van der Waals surface area contributed by atoms with Crippen molar-refractivity contribution in [2.24, 2.45) is 0 Å². The van der Waals surface area contributed by atoms with E-state index in [1.165, 1.54) is 11.1 Å². The molecular weight excluding hydrogens is 286 g/mol. The zero-order valence-corrected chi connectivity index (χ0v) is 14.1. The number of ether oxygens (including phenoxy) is 1. The lowest BCUT2D eigenvalue weighted by atomic mass is 9.98. The van der Waals surface area contributed by atoms with E-state index >= 15 is 0 Å². The third kappa shape index (κ3) is 3.30. The van der Waals surface area contributed by atoms with Crippen molar-refractivity contribution in [3.05, 3.63) is 64.2 Å². The minimum atomic E-state index is 0.132. The molecule has 23 heavy (non-hydrogen) atoms. The van der Waals surface area contributed by atoms with Crippen LogP contribution in [0.2, 0.25) is 0 Å². The van der Waals surface area contributed by atoms with Crippen LogP contribution in [0, 0.1) is 13.8 Å². The van der Waals surface area contributed by atoms with Crippen molar-refractivity contribution in [1.29, 1.82) is 0 Å². The second-order valence-corrected chi connectivity index (χ2v) is 6.32. The van der Waals surface area contributed by atoms with Gasteiger partial charge in [0.05, 0.1) is 19.2 Å². The van der Waals surface area contributed by atoms with Gasteiger partial charge in [0.2, 0.25) is 0 Å². The van der Waals surface area contributed by atoms with E-state index in [9.17, 15) is 4.79 Å².